The van der Waals surface area contributed by atoms with Gasteiger partial charge in [-0.1, -0.05) is 0 Å². The second-order valence-electron chi connectivity index (χ2n) is 3.17. The summed E-state index contributed by atoms with van der Waals surface area (Å²) < 4.78 is 26.5. The molecule has 0 atom stereocenters. The quantitative estimate of drug-likeness (QED) is 0.538. The first-order chi connectivity index (χ1) is 5.33. The predicted octanol–water partition coefficient (Wildman–Crippen LogP) is -0.799. The lowest BCUT2D eigenvalue weighted by Gasteiger charge is -2.24. The molecule has 0 aromatic heterocycles. The fourth-order valence-corrected chi connectivity index (χ4v) is 1.68. The van der Waals surface area contributed by atoms with Gasteiger partial charge in [0, 0.05) is 19.2 Å². The second-order valence-corrected chi connectivity index (χ2v) is 4.79. The molecule has 0 amide bonds. The van der Waals surface area contributed by atoms with Gasteiger partial charge in [-0.05, 0) is 20.3 Å². The average molecular weight is 196 g/mol. The predicted molar refractivity (Wildman–Crippen MR) is 46.9 cm³/mol. The molecule has 5 nitrogen and oxygen atoms in total. The molecule has 0 spiro atoms. The normalized spacial score (nSPS) is 13.3. The molecule has 0 heterocycles. The minimum atomic E-state index is -3.41. The molecule has 0 aliphatic heterocycles. The van der Waals surface area contributed by atoms with Crippen LogP contribution in [0.5, 0.6) is 0 Å². The second kappa shape index (κ2) is 4.18. The molecule has 0 saturated carbocycles. The Balaban J connectivity index is 4.24. The standard InChI is InChI=1S/C6H16N2O3S/c1-6(2,4-5-9)8-12(10,11)7-3/h7-9H,4-5H2,1-3H3. The Morgan fingerprint density at radius 3 is 2.25 bits per heavy atom. The molecule has 74 valence electrons. The van der Waals surface area contributed by atoms with E-state index >= 15 is 0 Å². The van der Waals surface area contributed by atoms with Gasteiger partial charge in [-0.15, -0.1) is 0 Å². The largest absolute Gasteiger partial charge is 0.396 e. The molecule has 0 radical (unpaired) electrons. The van der Waals surface area contributed by atoms with Gasteiger partial charge in [0.15, 0.2) is 0 Å². The molecule has 0 rings (SSSR count). The molecular weight excluding hydrogens is 180 g/mol. The van der Waals surface area contributed by atoms with Crippen LogP contribution in [0.1, 0.15) is 20.3 Å². The maximum Gasteiger partial charge on any atom is 0.277 e. The van der Waals surface area contributed by atoms with E-state index in [-0.39, 0.29) is 6.61 Å². The van der Waals surface area contributed by atoms with Gasteiger partial charge >= 0.3 is 0 Å². The van der Waals surface area contributed by atoms with Gasteiger partial charge in [0.2, 0.25) is 0 Å². The maximum absolute atomic E-state index is 11.0. The number of hydrogen-bond acceptors (Lipinski definition) is 3. The van der Waals surface area contributed by atoms with Gasteiger partial charge in [0.25, 0.3) is 10.2 Å². The molecule has 0 unspecified atom stereocenters. The molecule has 6 heteroatoms. The van der Waals surface area contributed by atoms with Crippen LogP contribution in [-0.4, -0.2) is 32.7 Å². The van der Waals surface area contributed by atoms with E-state index in [1.54, 1.807) is 13.8 Å². The van der Waals surface area contributed by atoms with Crippen molar-refractivity contribution in [2.75, 3.05) is 13.7 Å². The van der Waals surface area contributed by atoms with E-state index in [2.05, 4.69) is 9.44 Å². The summed E-state index contributed by atoms with van der Waals surface area (Å²) in [5, 5.41) is 8.62. The summed E-state index contributed by atoms with van der Waals surface area (Å²) in [4.78, 5) is 0. The molecular formula is C6H16N2O3S. The third-order valence-corrected chi connectivity index (χ3v) is 2.77. The number of aliphatic hydroxyl groups excluding tert-OH is 1. The van der Waals surface area contributed by atoms with Crippen molar-refractivity contribution in [2.24, 2.45) is 0 Å². The van der Waals surface area contributed by atoms with E-state index in [4.69, 9.17) is 5.11 Å². The van der Waals surface area contributed by atoms with Crippen molar-refractivity contribution in [3.63, 3.8) is 0 Å². The highest BCUT2D eigenvalue weighted by Crippen LogP contribution is 2.07. The third-order valence-electron chi connectivity index (χ3n) is 1.42. The Morgan fingerprint density at radius 1 is 1.42 bits per heavy atom. The van der Waals surface area contributed by atoms with Crippen molar-refractivity contribution in [1.82, 2.24) is 9.44 Å². The van der Waals surface area contributed by atoms with E-state index < -0.39 is 15.7 Å². The number of nitrogens with one attached hydrogen (secondary N) is 2. The van der Waals surface area contributed by atoms with Crippen molar-refractivity contribution >= 4 is 10.2 Å². The minimum absolute atomic E-state index is 0.0424. The van der Waals surface area contributed by atoms with E-state index in [9.17, 15) is 8.42 Å². The summed E-state index contributed by atoms with van der Waals surface area (Å²) in [6, 6.07) is 0. The van der Waals surface area contributed by atoms with Crippen molar-refractivity contribution in [3.8, 4) is 0 Å². The first kappa shape index (κ1) is 11.8. The van der Waals surface area contributed by atoms with Crippen LogP contribution in [0.4, 0.5) is 0 Å². The van der Waals surface area contributed by atoms with E-state index in [0.717, 1.165) is 0 Å². The highest BCUT2D eigenvalue weighted by atomic mass is 32.2. The molecule has 0 aliphatic carbocycles. The average Bonchev–Trinajstić information content (AvgIpc) is 1.85. The molecule has 0 aliphatic rings. The van der Waals surface area contributed by atoms with Crippen LogP contribution in [0, 0.1) is 0 Å². The van der Waals surface area contributed by atoms with Gasteiger partial charge in [-0.3, -0.25) is 0 Å². The Bertz CT molecular complexity index is 223. The van der Waals surface area contributed by atoms with Crippen molar-refractivity contribution in [1.29, 1.82) is 0 Å². The zero-order chi connectivity index (χ0) is 9.83. The van der Waals surface area contributed by atoms with Crippen LogP contribution in [0.3, 0.4) is 0 Å². The summed E-state index contributed by atoms with van der Waals surface area (Å²) in [6.07, 6.45) is 0.383. The summed E-state index contributed by atoms with van der Waals surface area (Å²) in [7, 11) is -2.08. The zero-order valence-electron chi connectivity index (χ0n) is 7.59. The number of hydrogen-bond donors (Lipinski definition) is 3. The lowest BCUT2D eigenvalue weighted by atomic mass is 10.0. The minimum Gasteiger partial charge on any atom is -0.396 e. The van der Waals surface area contributed by atoms with Gasteiger partial charge in [0.05, 0.1) is 0 Å². The Labute approximate surface area is 73.4 Å². The molecule has 3 N–H and O–H groups in total. The third kappa shape index (κ3) is 4.66. The molecule has 0 aromatic carbocycles. The van der Waals surface area contributed by atoms with Crippen molar-refractivity contribution in [3.05, 3.63) is 0 Å². The first-order valence-electron chi connectivity index (χ1n) is 3.66. The van der Waals surface area contributed by atoms with Crippen molar-refractivity contribution in [2.45, 2.75) is 25.8 Å². The van der Waals surface area contributed by atoms with Crippen LogP contribution in [0.15, 0.2) is 0 Å². The number of aliphatic hydroxyl groups is 1. The van der Waals surface area contributed by atoms with Crippen LogP contribution < -0.4 is 9.44 Å². The summed E-state index contributed by atoms with van der Waals surface area (Å²) in [5.41, 5.74) is -0.614. The van der Waals surface area contributed by atoms with Crippen LogP contribution >= 0.6 is 0 Å². The lowest BCUT2D eigenvalue weighted by Crippen LogP contribution is -2.48. The molecule has 0 bridgehead atoms. The SMILES string of the molecule is CNS(=O)(=O)NC(C)(C)CCO. The highest BCUT2D eigenvalue weighted by Gasteiger charge is 2.22. The van der Waals surface area contributed by atoms with Crippen LogP contribution in [0.25, 0.3) is 0 Å². The lowest BCUT2D eigenvalue weighted by molar-refractivity contribution is 0.245. The van der Waals surface area contributed by atoms with Gasteiger partial charge in [-0.2, -0.15) is 13.1 Å². The highest BCUT2D eigenvalue weighted by molar-refractivity contribution is 7.87. The van der Waals surface area contributed by atoms with Gasteiger partial charge < -0.3 is 5.11 Å². The maximum atomic E-state index is 11.0. The van der Waals surface area contributed by atoms with E-state index in [1.807, 2.05) is 0 Å². The summed E-state index contributed by atoms with van der Waals surface area (Å²) >= 11 is 0. The smallest absolute Gasteiger partial charge is 0.277 e. The summed E-state index contributed by atoms with van der Waals surface area (Å²) in [6.45, 7) is 3.37. The molecule has 0 aromatic rings. The first-order valence-corrected chi connectivity index (χ1v) is 5.14. The molecule has 0 saturated heterocycles. The van der Waals surface area contributed by atoms with Crippen LogP contribution in [0.2, 0.25) is 0 Å². The van der Waals surface area contributed by atoms with Crippen molar-refractivity contribution < 1.29 is 13.5 Å². The molecule has 0 fully saturated rings. The van der Waals surface area contributed by atoms with E-state index in [0.29, 0.717) is 6.42 Å². The Kier molecular flexibility index (Phi) is 4.12. The monoisotopic (exact) mass is 196 g/mol. The molecule has 12 heavy (non-hydrogen) atoms. The fraction of sp³-hybridized carbons (Fsp3) is 1.00. The van der Waals surface area contributed by atoms with Gasteiger partial charge in [0.1, 0.15) is 0 Å². The van der Waals surface area contributed by atoms with Crippen LogP contribution in [-0.2, 0) is 10.2 Å². The van der Waals surface area contributed by atoms with E-state index in [1.165, 1.54) is 7.05 Å². The Hall–Kier alpha value is -0.170. The summed E-state index contributed by atoms with van der Waals surface area (Å²) in [5.74, 6) is 0. The fourth-order valence-electron chi connectivity index (χ4n) is 0.745. The number of rotatable bonds is 5. The topological polar surface area (TPSA) is 78.4 Å². The zero-order valence-corrected chi connectivity index (χ0v) is 8.40. The Morgan fingerprint density at radius 2 is 1.92 bits per heavy atom. The van der Waals surface area contributed by atoms with Gasteiger partial charge in [-0.25, -0.2) is 4.72 Å².